The van der Waals surface area contributed by atoms with E-state index in [9.17, 15) is 31.6 Å². The minimum Gasteiger partial charge on any atom is -0.870 e. The Kier molecular flexibility index (Phi) is 23.8. The van der Waals surface area contributed by atoms with E-state index in [0.717, 1.165) is 56.0 Å². The molecule has 0 saturated carbocycles. The van der Waals surface area contributed by atoms with Gasteiger partial charge in [-0.3, -0.25) is 4.55 Å². The molecule has 0 heterocycles. The Hall–Kier alpha value is -2.84. The molecule has 0 radical (unpaired) electrons. The van der Waals surface area contributed by atoms with Gasteiger partial charge in [0.25, 0.3) is 10.1 Å². The van der Waals surface area contributed by atoms with Crippen molar-refractivity contribution in [2.75, 3.05) is 0 Å². The Morgan fingerprint density at radius 2 is 0.912 bits per heavy atom. The van der Waals surface area contributed by atoms with Crippen LogP contribution < -0.4 is 14.6 Å². The Bertz CT molecular complexity index is 1810. The summed E-state index contributed by atoms with van der Waals surface area (Å²) in [6.45, 7) is 4.46. The van der Waals surface area contributed by atoms with Gasteiger partial charge in [-0.15, -0.1) is 0 Å². The molecule has 0 fully saturated rings. The van der Waals surface area contributed by atoms with Gasteiger partial charge in [0.15, 0.2) is 11.5 Å². The van der Waals surface area contributed by atoms with E-state index in [1.807, 2.05) is 24.3 Å². The van der Waals surface area contributed by atoms with Crippen molar-refractivity contribution in [3.05, 3.63) is 96.1 Å². The molecule has 4 rings (SSSR count). The van der Waals surface area contributed by atoms with Crippen molar-refractivity contribution >= 4 is 58.0 Å². The van der Waals surface area contributed by atoms with Gasteiger partial charge in [0.1, 0.15) is 27.4 Å². The average molecular weight is 851 g/mol. The van der Waals surface area contributed by atoms with E-state index in [2.05, 4.69) is 13.8 Å². The molecule has 0 spiro atoms. The van der Waals surface area contributed by atoms with Crippen LogP contribution >= 0.6 is 0 Å². The van der Waals surface area contributed by atoms with Crippen molar-refractivity contribution in [3.8, 4) is 34.5 Å². The van der Waals surface area contributed by atoms with E-state index >= 15 is 0 Å². The molecule has 0 aliphatic carbocycles. The summed E-state index contributed by atoms with van der Waals surface area (Å²) in [4.78, 5) is -0.806. The van der Waals surface area contributed by atoms with Crippen molar-refractivity contribution in [2.24, 2.45) is 0 Å². The number of aromatic hydroxyl groups is 1. The third-order valence-corrected chi connectivity index (χ3v) is 11.1. The molecule has 4 aromatic carbocycles. The normalized spacial score (nSPS) is 11.3. The first kappa shape index (κ1) is 50.3. The molecule has 57 heavy (non-hydrogen) atoms. The van der Waals surface area contributed by atoms with E-state index in [1.54, 1.807) is 24.3 Å². The van der Waals surface area contributed by atoms with Gasteiger partial charge in [-0.25, -0.2) is 8.42 Å². The first-order chi connectivity index (χ1) is 26.8. The van der Waals surface area contributed by atoms with Crippen LogP contribution in [0.3, 0.4) is 0 Å². The summed E-state index contributed by atoms with van der Waals surface area (Å²) >= 11 is 0. The number of phenols is 1. The summed E-state index contributed by atoms with van der Waals surface area (Å²) in [5, 5.41) is 21.7. The largest absolute Gasteiger partial charge is 2.00 e. The first-order valence-corrected chi connectivity index (χ1v) is 22.8. The van der Waals surface area contributed by atoms with Crippen LogP contribution in [0.5, 0.6) is 34.5 Å². The topological polar surface area (TPSA) is 173 Å². The molecular formula is C44H58CaO10S2. The van der Waals surface area contributed by atoms with Crippen molar-refractivity contribution in [2.45, 2.75) is 139 Å². The van der Waals surface area contributed by atoms with Crippen LogP contribution in [-0.4, -0.2) is 68.8 Å². The molecular weight excluding hydrogens is 793 g/mol. The zero-order chi connectivity index (χ0) is 40.8. The minimum atomic E-state index is -4.63. The van der Waals surface area contributed by atoms with Crippen LogP contribution in [0.2, 0.25) is 0 Å². The number of aryl methyl sites for hydroxylation is 2. The van der Waals surface area contributed by atoms with Crippen LogP contribution in [0.25, 0.3) is 0 Å². The fourth-order valence-electron chi connectivity index (χ4n) is 6.09. The third kappa shape index (κ3) is 20.1. The van der Waals surface area contributed by atoms with Gasteiger partial charge in [-0.1, -0.05) is 140 Å². The maximum absolute atomic E-state index is 11.8. The number of phenolic OH excluding ortho intramolecular Hbond substituents is 1. The third-order valence-electron chi connectivity index (χ3n) is 9.37. The molecule has 13 heteroatoms. The van der Waals surface area contributed by atoms with Gasteiger partial charge in [0.2, 0.25) is 0 Å². The number of ether oxygens (including phenoxy) is 2. The van der Waals surface area contributed by atoms with Gasteiger partial charge in [-0.2, -0.15) is 8.42 Å². The Balaban J connectivity index is 0.000000387. The van der Waals surface area contributed by atoms with Gasteiger partial charge < -0.3 is 24.2 Å². The molecule has 0 aromatic heterocycles. The maximum Gasteiger partial charge on any atom is 2.00 e. The zero-order valence-electron chi connectivity index (χ0n) is 33.5. The van der Waals surface area contributed by atoms with E-state index in [-0.39, 0.29) is 59.9 Å². The van der Waals surface area contributed by atoms with Crippen molar-refractivity contribution < 1.29 is 45.6 Å². The SMILES string of the molecule is CCCCCCCCCCc1ccc(Oc2cc(S(=O)(=O)O)ccc2O)cc1.CCCCCCCCCCc1ccc(Oc2cc(S(=O)(=O)[O-])ccc2[O-])cc1.[Ca+2]. The smallest absolute Gasteiger partial charge is 0.870 e. The molecule has 0 unspecified atom stereocenters. The second-order valence-electron chi connectivity index (χ2n) is 14.1. The molecule has 0 aliphatic rings. The summed E-state index contributed by atoms with van der Waals surface area (Å²) in [7, 11) is -8.99. The summed E-state index contributed by atoms with van der Waals surface area (Å²) < 4.78 is 75.9. The van der Waals surface area contributed by atoms with Crippen molar-refractivity contribution in [3.63, 3.8) is 0 Å². The zero-order valence-corrected chi connectivity index (χ0v) is 37.3. The van der Waals surface area contributed by atoms with Crippen LogP contribution in [0, 0.1) is 0 Å². The summed E-state index contributed by atoms with van der Waals surface area (Å²) in [6, 6.07) is 21.3. The van der Waals surface area contributed by atoms with Crippen LogP contribution in [0.1, 0.15) is 128 Å². The van der Waals surface area contributed by atoms with E-state index in [1.165, 1.54) is 107 Å². The molecule has 308 valence electrons. The molecule has 4 aromatic rings. The Morgan fingerprint density at radius 3 is 1.33 bits per heavy atom. The van der Waals surface area contributed by atoms with Gasteiger partial charge in [0.05, 0.1) is 9.79 Å². The van der Waals surface area contributed by atoms with Crippen LogP contribution in [0.4, 0.5) is 0 Å². The molecule has 0 atom stereocenters. The van der Waals surface area contributed by atoms with Gasteiger partial charge >= 0.3 is 37.7 Å². The second kappa shape index (κ2) is 27.0. The molecule has 0 bridgehead atoms. The maximum atomic E-state index is 11.8. The Labute approximate surface area is 370 Å². The standard InChI is InChI=1S/2C22H30O5S.Ca/c2*1-2-3-4-5-6-7-8-9-10-18-11-13-19(14-12-18)27-22-17-20(28(24,25)26)15-16-21(22)23;/h2*11-17,23H,2-10H2,1H3,(H,24,25,26);/q;;+2/p-2. The monoisotopic (exact) mass is 850 g/mol. The number of hydrogen-bond acceptors (Lipinski definition) is 9. The summed E-state index contributed by atoms with van der Waals surface area (Å²) in [5.41, 5.74) is 2.41. The first-order valence-electron chi connectivity index (χ1n) is 19.9. The van der Waals surface area contributed by atoms with E-state index in [4.69, 9.17) is 14.0 Å². The predicted molar refractivity (Wildman–Crippen MR) is 223 cm³/mol. The fourth-order valence-corrected chi connectivity index (χ4v) is 7.07. The second-order valence-corrected chi connectivity index (χ2v) is 16.9. The van der Waals surface area contributed by atoms with Gasteiger partial charge in [0, 0.05) is 6.07 Å². The molecule has 0 amide bonds. The molecule has 0 saturated heterocycles. The Morgan fingerprint density at radius 1 is 0.526 bits per heavy atom. The summed E-state index contributed by atoms with van der Waals surface area (Å²) in [6.07, 6.45) is 22.5. The molecule has 10 nitrogen and oxygen atoms in total. The predicted octanol–water partition coefficient (Wildman–Crippen LogP) is 10.9. The summed E-state index contributed by atoms with van der Waals surface area (Å²) in [5.74, 6) is 0.0456. The fraction of sp³-hybridized carbons (Fsp3) is 0.455. The molecule has 2 N–H and O–H groups in total. The van der Waals surface area contributed by atoms with Gasteiger partial charge in [-0.05, 0) is 85.3 Å². The number of hydrogen-bond donors (Lipinski definition) is 2. The minimum absolute atomic E-state index is 0. The quantitative estimate of drug-likeness (QED) is 0.0392. The number of rotatable bonds is 24. The average Bonchev–Trinajstić information content (AvgIpc) is 3.16. The van der Waals surface area contributed by atoms with Crippen molar-refractivity contribution in [1.29, 1.82) is 0 Å². The van der Waals surface area contributed by atoms with E-state index < -0.39 is 30.9 Å². The van der Waals surface area contributed by atoms with Crippen LogP contribution in [-0.2, 0) is 33.1 Å². The van der Waals surface area contributed by atoms with E-state index in [0.29, 0.717) is 11.5 Å². The molecule has 0 aliphatic heterocycles. The number of benzene rings is 4. The number of unbranched alkanes of at least 4 members (excludes halogenated alkanes) is 14. The van der Waals surface area contributed by atoms with Crippen molar-refractivity contribution in [1.82, 2.24) is 0 Å². The van der Waals surface area contributed by atoms with Crippen LogP contribution in [0.15, 0.2) is 94.7 Å².